The van der Waals surface area contributed by atoms with Gasteiger partial charge in [-0.1, -0.05) is 67.7 Å². The summed E-state index contributed by atoms with van der Waals surface area (Å²) < 4.78 is 37.6. The lowest BCUT2D eigenvalue weighted by atomic mass is 9.94. The van der Waals surface area contributed by atoms with E-state index in [9.17, 15) is 13.2 Å². The molecule has 0 saturated carbocycles. The third-order valence-corrected chi connectivity index (χ3v) is 8.73. The first kappa shape index (κ1) is 19.0. The van der Waals surface area contributed by atoms with E-state index in [1.54, 1.807) is 12.1 Å². The predicted octanol–water partition coefficient (Wildman–Crippen LogP) is 6.76. The first-order valence-electron chi connectivity index (χ1n) is 9.01. The fourth-order valence-electron chi connectivity index (χ4n) is 3.66. The van der Waals surface area contributed by atoms with Crippen LogP contribution in [0.25, 0.3) is 5.83 Å². The van der Waals surface area contributed by atoms with Gasteiger partial charge in [-0.2, -0.15) is 8.78 Å². The zero-order valence-electron chi connectivity index (χ0n) is 14.2. The van der Waals surface area contributed by atoms with Gasteiger partial charge in [-0.05, 0) is 30.7 Å². The maximum absolute atomic E-state index is 13.1. The minimum Gasteiger partial charge on any atom is -0.200 e. The molecule has 0 amide bonds. The van der Waals surface area contributed by atoms with E-state index < -0.39 is 20.7 Å². The van der Waals surface area contributed by atoms with Crippen molar-refractivity contribution in [3.8, 4) is 0 Å². The molecule has 0 N–H and O–H groups in total. The Morgan fingerprint density at radius 2 is 1.79 bits per heavy atom. The predicted molar refractivity (Wildman–Crippen MR) is 98.7 cm³/mol. The van der Waals surface area contributed by atoms with E-state index in [4.69, 9.17) is 0 Å². The van der Waals surface area contributed by atoms with Crippen LogP contribution in [-0.4, -0.2) is 8.80 Å². The van der Waals surface area contributed by atoms with Crippen LogP contribution in [0.1, 0.15) is 43.2 Å². The third kappa shape index (κ3) is 5.97. The van der Waals surface area contributed by atoms with E-state index in [1.165, 1.54) is 49.5 Å². The number of aryl methyl sites for hydroxylation is 1. The molecule has 0 spiro atoms. The quantitative estimate of drug-likeness (QED) is 0.275. The van der Waals surface area contributed by atoms with Crippen LogP contribution in [0.5, 0.6) is 0 Å². The van der Waals surface area contributed by atoms with Crippen molar-refractivity contribution >= 4 is 14.6 Å². The topological polar surface area (TPSA) is 0 Å². The molecule has 1 aliphatic rings. The third-order valence-electron chi connectivity index (χ3n) is 5.20. The van der Waals surface area contributed by atoms with Crippen molar-refractivity contribution < 1.29 is 13.2 Å². The number of rotatable bonds is 8. The SMILES string of the molecule is C=CCCC[Si@H]1CC[C@H](CCc2ccc(C(F)=C(F)F)cc2)CC1. The molecule has 0 nitrogen and oxygen atoms in total. The minimum absolute atomic E-state index is 0.0372. The lowest BCUT2D eigenvalue weighted by Crippen LogP contribution is -2.21. The Hall–Kier alpha value is -1.29. The van der Waals surface area contributed by atoms with Gasteiger partial charge in [-0.3, -0.25) is 0 Å². The summed E-state index contributed by atoms with van der Waals surface area (Å²) in [6, 6.07) is 10.8. The van der Waals surface area contributed by atoms with E-state index in [2.05, 4.69) is 6.58 Å². The van der Waals surface area contributed by atoms with Gasteiger partial charge in [0.1, 0.15) is 0 Å². The molecule has 24 heavy (non-hydrogen) atoms. The first-order chi connectivity index (χ1) is 11.6. The first-order valence-corrected chi connectivity index (χ1v) is 11.5. The van der Waals surface area contributed by atoms with Crippen molar-refractivity contribution in [3.05, 3.63) is 54.1 Å². The second-order valence-electron chi connectivity index (χ2n) is 6.92. The van der Waals surface area contributed by atoms with Crippen molar-refractivity contribution in [3.63, 3.8) is 0 Å². The van der Waals surface area contributed by atoms with Gasteiger partial charge in [0.15, 0.2) is 5.83 Å². The van der Waals surface area contributed by atoms with Crippen LogP contribution in [0.4, 0.5) is 13.2 Å². The van der Waals surface area contributed by atoms with E-state index in [0.29, 0.717) is 0 Å². The average molecular weight is 353 g/mol. The number of allylic oxidation sites excluding steroid dienone is 1. The Bertz CT molecular complexity index is 539. The lowest BCUT2D eigenvalue weighted by molar-refractivity contribution is 0.410. The summed E-state index contributed by atoms with van der Waals surface area (Å²) in [6.45, 7) is 3.79. The molecule has 0 radical (unpaired) electrons. The largest absolute Gasteiger partial charge is 0.306 e. The highest BCUT2D eigenvalue weighted by atomic mass is 28.3. The molecular formula is C20H27F3Si. The monoisotopic (exact) mass is 352 g/mol. The molecule has 132 valence electrons. The van der Waals surface area contributed by atoms with Crippen LogP contribution in [0, 0.1) is 5.92 Å². The normalized spacial score (nSPS) is 20.6. The Kier molecular flexibility index (Phi) is 7.83. The number of benzene rings is 1. The van der Waals surface area contributed by atoms with Crippen LogP contribution in [0.3, 0.4) is 0 Å². The highest BCUT2D eigenvalue weighted by Crippen LogP contribution is 2.31. The van der Waals surface area contributed by atoms with Crippen LogP contribution in [-0.2, 0) is 6.42 Å². The van der Waals surface area contributed by atoms with Crippen LogP contribution in [0.2, 0.25) is 18.1 Å². The molecule has 2 rings (SSSR count). The van der Waals surface area contributed by atoms with Crippen molar-refractivity contribution in [1.82, 2.24) is 0 Å². The van der Waals surface area contributed by atoms with Crippen molar-refractivity contribution in [2.24, 2.45) is 5.92 Å². The van der Waals surface area contributed by atoms with Crippen LogP contribution >= 0.6 is 0 Å². The maximum Gasteiger partial charge on any atom is 0.306 e. The second kappa shape index (κ2) is 9.87. The molecule has 1 saturated heterocycles. The van der Waals surface area contributed by atoms with E-state index in [-0.39, 0.29) is 5.56 Å². The van der Waals surface area contributed by atoms with Crippen molar-refractivity contribution in [2.45, 2.75) is 56.7 Å². The summed E-state index contributed by atoms with van der Waals surface area (Å²) in [5.41, 5.74) is 1.07. The van der Waals surface area contributed by atoms with Crippen LogP contribution in [0.15, 0.2) is 43.0 Å². The molecule has 1 aliphatic heterocycles. The number of unbranched alkanes of at least 4 members (excludes halogenated alkanes) is 1. The van der Waals surface area contributed by atoms with Gasteiger partial charge in [0.2, 0.25) is 0 Å². The Morgan fingerprint density at radius 3 is 2.38 bits per heavy atom. The molecule has 1 aromatic rings. The molecule has 0 unspecified atom stereocenters. The van der Waals surface area contributed by atoms with Crippen molar-refractivity contribution in [2.75, 3.05) is 0 Å². The van der Waals surface area contributed by atoms with Gasteiger partial charge in [0, 0.05) is 14.4 Å². The minimum atomic E-state index is -2.25. The smallest absolute Gasteiger partial charge is 0.200 e. The maximum atomic E-state index is 13.1. The van der Waals surface area contributed by atoms with Gasteiger partial charge >= 0.3 is 6.08 Å². The molecule has 0 bridgehead atoms. The average Bonchev–Trinajstić information content (AvgIpc) is 2.61. The zero-order chi connectivity index (χ0) is 17.4. The molecule has 0 aromatic heterocycles. The molecule has 4 heteroatoms. The summed E-state index contributed by atoms with van der Waals surface area (Å²) in [7, 11) is -0.489. The molecule has 0 atom stereocenters. The highest BCUT2D eigenvalue weighted by Gasteiger charge is 2.21. The van der Waals surface area contributed by atoms with Gasteiger partial charge < -0.3 is 0 Å². The number of hydrogen-bond acceptors (Lipinski definition) is 0. The van der Waals surface area contributed by atoms with Gasteiger partial charge in [0.05, 0.1) is 0 Å². The summed E-state index contributed by atoms with van der Waals surface area (Å²) in [5, 5.41) is 0. The fourth-order valence-corrected chi connectivity index (χ4v) is 7.22. The van der Waals surface area contributed by atoms with E-state index in [0.717, 1.165) is 30.7 Å². The zero-order valence-corrected chi connectivity index (χ0v) is 15.4. The second-order valence-corrected chi connectivity index (χ2v) is 10.4. The molecule has 1 aromatic carbocycles. The van der Waals surface area contributed by atoms with Gasteiger partial charge in [-0.15, -0.1) is 6.58 Å². The van der Waals surface area contributed by atoms with Gasteiger partial charge in [-0.25, -0.2) is 4.39 Å². The summed E-state index contributed by atoms with van der Waals surface area (Å²) in [5.74, 6) is -0.617. The number of halogens is 3. The fraction of sp³-hybridized carbons (Fsp3) is 0.500. The Labute approximate surface area is 145 Å². The standard InChI is InChI=1S/C20H27F3Si/c1-2-3-4-13-24-14-11-17(12-15-24)6-5-16-7-9-18(10-8-16)19(21)20(22)23/h2,7-10,17,24H,1,3-6,11-15H2/t17-,24-. The molecule has 1 heterocycles. The van der Waals surface area contributed by atoms with E-state index in [1.807, 2.05) is 6.08 Å². The summed E-state index contributed by atoms with van der Waals surface area (Å²) in [4.78, 5) is 0. The van der Waals surface area contributed by atoms with Crippen molar-refractivity contribution in [1.29, 1.82) is 0 Å². The Morgan fingerprint density at radius 1 is 1.12 bits per heavy atom. The van der Waals surface area contributed by atoms with E-state index >= 15 is 0 Å². The van der Waals surface area contributed by atoms with Gasteiger partial charge in [0.25, 0.3) is 0 Å². The molecule has 1 fully saturated rings. The Balaban J connectivity index is 1.73. The number of hydrogen-bond donors (Lipinski definition) is 0. The highest BCUT2D eigenvalue weighted by molar-refractivity contribution is 6.58. The van der Waals surface area contributed by atoms with Crippen LogP contribution < -0.4 is 0 Å². The lowest BCUT2D eigenvalue weighted by Gasteiger charge is -2.27. The molecular weight excluding hydrogens is 325 g/mol. The summed E-state index contributed by atoms with van der Waals surface area (Å²) in [6.07, 6.45) is 7.07. The molecule has 0 aliphatic carbocycles. The summed E-state index contributed by atoms with van der Waals surface area (Å²) >= 11 is 0.